The van der Waals surface area contributed by atoms with E-state index in [0.29, 0.717) is 12.2 Å². The molecule has 0 atom stereocenters. The number of rotatable bonds is 3. The number of carbonyl (C=O) groups is 2. The minimum absolute atomic E-state index is 0.274. The topological polar surface area (TPSA) is 52.7 Å². The summed E-state index contributed by atoms with van der Waals surface area (Å²) in [6.45, 7) is 2.15. The Morgan fingerprint density at radius 3 is 2.32 bits per heavy atom. The fraction of sp³-hybridized carbons (Fsp3) is 0.286. The van der Waals surface area contributed by atoms with Gasteiger partial charge in [0.2, 0.25) is 0 Å². The number of anilines is 1. The van der Waals surface area contributed by atoms with Gasteiger partial charge in [-0.3, -0.25) is 9.69 Å². The molecule has 2 rings (SSSR count). The smallest absolute Gasteiger partial charge is 0.328 e. The lowest BCUT2D eigenvalue weighted by Crippen LogP contribution is -2.30. The molecule has 100 valence electrons. The van der Waals surface area contributed by atoms with Gasteiger partial charge in [0.05, 0.1) is 0 Å². The summed E-state index contributed by atoms with van der Waals surface area (Å²) in [4.78, 5) is 26.6. The van der Waals surface area contributed by atoms with Gasteiger partial charge in [-0.25, -0.2) is 4.79 Å². The molecule has 5 heteroatoms. The number of nitrogens with one attached hydrogen (secondary N) is 1. The van der Waals surface area contributed by atoms with Crippen molar-refractivity contribution in [2.45, 2.75) is 6.92 Å². The molecule has 1 heterocycles. The van der Waals surface area contributed by atoms with Crippen LogP contribution in [0, 0.1) is 0 Å². The van der Waals surface area contributed by atoms with E-state index in [1.807, 2.05) is 43.3 Å². The third-order valence-electron chi connectivity index (χ3n) is 3.00. The van der Waals surface area contributed by atoms with Crippen molar-refractivity contribution in [1.82, 2.24) is 10.2 Å². The number of carbonyl (C=O) groups excluding carboxylic acids is 2. The molecule has 0 bridgehead atoms. The number of amides is 3. The molecular formula is C14H17N3O2. The first-order chi connectivity index (χ1) is 9.02. The molecule has 0 unspecified atom stereocenters. The van der Waals surface area contributed by atoms with Crippen LogP contribution in [0.25, 0.3) is 6.08 Å². The number of likely N-dealkylation sites (N-methyl/N-ethyl adjacent to an activating group) is 1. The maximum Gasteiger partial charge on any atom is 0.328 e. The normalized spacial score (nSPS) is 17.0. The average molecular weight is 259 g/mol. The maximum absolute atomic E-state index is 11.9. The quantitative estimate of drug-likeness (QED) is 0.663. The largest absolute Gasteiger partial charge is 0.378 e. The van der Waals surface area contributed by atoms with Gasteiger partial charge in [-0.2, -0.15) is 0 Å². The molecule has 1 aromatic carbocycles. The highest BCUT2D eigenvalue weighted by atomic mass is 16.2. The van der Waals surface area contributed by atoms with E-state index in [1.54, 1.807) is 13.0 Å². The van der Waals surface area contributed by atoms with Gasteiger partial charge >= 0.3 is 6.03 Å². The van der Waals surface area contributed by atoms with Crippen molar-refractivity contribution in [3.05, 3.63) is 35.5 Å². The third kappa shape index (κ3) is 2.59. The highest BCUT2D eigenvalue weighted by molar-refractivity contribution is 6.13. The number of nitrogens with zero attached hydrogens (tertiary/aromatic N) is 2. The van der Waals surface area contributed by atoms with Crippen LogP contribution in [0.4, 0.5) is 10.5 Å². The van der Waals surface area contributed by atoms with Gasteiger partial charge in [0.15, 0.2) is 0 Å². The van der Waals surface area contributed by atoms with Gasteiger partial charge in [0.25, 0.3) is 5.91 Å². The molecule has 1 aliphatic heterocycles. The number of hydrogen-bond donors (Lipinski definition) is 1. The number of benzene rings is 1. The molecule has 0 saturated carbocycles. The van der Waals surface area contributed by atoms with Crippen molar-refractivity contribution >= 4 is 23.7 Å². The summed E-state index contributed by atoms with van der Waals surface area (Å²) in [5.41, 5.74) is 2.29. The first kappa shape index (κ1) is 13.1. The SMILES string of the molecule is CCN1C(=O)N/C(=C/c2ccc(N(C)C)cc2)C1=O. The Labute approximate surface area is 112 Å². The van der Waals surface area contributed by atoms with Crippen LogP contribution in [0.5, 0.6) is 0 Å². The summed E-state index contributed by atoms with van der Waals surface area (Å²) >= 11 is 0. The van der Waals surface area contributed by atoms with E-state index in [-0.39, 0.29) is 11.9 Å². The van der Waals surface area contributed by atoms with Crippen molar-refractivity contribution in [3.63, 3.8) is 0 Å². The van der Waals surface area contributed by atoms with Crippen molar-refractivity contribution in [3.8, 4) is 0 Å². The van der Waals surface area contributed by atoms with E-state index in [4.69, 9.17) is 0 Å². The predicted molar refractivity (Wildman–Crippen MR) is 74.7 cm³/mol. The number of urea groups is 1. The zero-order chi connectivity index (χ0) is 14.0. The standard InChI is InChI=1S/C14H17N3O2/c1-4-17-13(18)12(15-14(17)19)9-10-5-7-11(8-6-10)16(2)3/h5-9H,4H2,1-3H3,(H,15,19)/b12-9+. The first-order valence-corrected chi connectivity index (χ1v) is 6.15. The second kappa shape index (κ2) is 5.14. The van der Waals surface area contributed by atoms with Crippen LogP contribution < -0.4 is 10.2 Å². The van der Waals surface area contributed by atoms with Gasteiger partial charge in [-0.05, 0) is 30.7 Å². The molecule has 1 fully saturated rings. The van der Waals surface area contributed by atoms with E-state index < -0.39 is 0 Å². The van der Waals surface area contributed by atoms with Gasteiger partial charge in [-0.15, -0.1) is 0 Å². The van der Waals surface area contributed by atoms with Crippen LogP contribution in [-0.4, -0.2) is 37.5 Å². The third-order valence-corrected chi connectivity index (χ3v) is 3.00. The van der Waals surface area contributed by atoms with E-state index >= 15 is 0 Å². The zero-order valence-corrected chi connectivity index (χ0v) is 11.3. The first-order valence-electron chi connectivity index (χ1n) is 6.15. The van der Waals surface area contributed by atoms with Gasteiger partial charge in [0, 0.05) is 26.3 Å². The van der Waals surface area contributed by atoms with Crippen molar-refractivity contribution < 1.29 is 9.59 Å². The van der Waals surface area contributed by atoms with Crippen LogP contribution in [0.2, 0.25) is 0 Å². The van der Waals surface area contributed by atoms with Crippen molar-refractivity contribution in [2.24, 2.45) is 0 Å². The molecule has 0 aromatic heterocycles. The molecular weight excluding hydrogens is 242 g/mol. The summed E-state index contributed by atoms with van der Waals surface area (Å²) in [6, 6.07) is 7.40. The average Bonchev–Trinajstić information content (AvgIpc) is 2.64. The summed E-state index contributed by atoms with van der Waals surface area (Å²) in [7, 11) is 3.93. The number of imide groups is 1. The molecule has 3 amide bonds. The Morgan fingerprint density at radius 2 is 1.84 bits per heavy atom. The molecule has 19 heavy (non-hydrogen) atoms. The second-order valence-corrected chi connectivity index (χ2v) is 4.52. The van der Waals surface area contributed by atoms with Gasteiger partial charge in [0.1, 0.15) is 5.70 Å². The lowest BCUT2D eigenvalue weighted by molar-refractivity contribution is -0.122. The Hall–Kier alpha value is -2.30. The van der Waals surface area contributed by atoms with Crippen molar-refractivity contribution in [1.29, 1.82) is 0 Å². The van der Waals surface area contributed by atoms with Crippen LogP contribution in [-0.2, 0) is 4.79 Å². The van der Waals surface area contributed by atoms with E-state index in [9.17, 15) is 9.59 Å². The highest BCUT2D eigenvalue weighted by Crippen LogP contribution is 2.17. The summed E-state index contributed by atoms with van der Waals surface area (Å²) in [6.07, 6.45) is 1.69. The molecule has 1 aliphatic rings. The highest BCUT2D eigenvalue weighted by Gasteiger charge is 2.31. The molecule has 5 nitrogen and oxygen atoms in total. The fourth-order valence-corrected chi connectivity index (χ4v) is 1.89. The molecule has 1 saturated heterocycles. The Bertz CT molecular complexity index is 532. The molecule has 0 spiro atoms. The Kier molecular flexibility index (Phi) is 3.55. The van der Waals surface area contributed by atoms with Crippen LogP contribution in [0.15, 0.2) is 30.0 Å². The van der Waals surface area contributed by atoms with Crippen LogP contribution >= 0.6 is 0 Å². The maximum atomic E-state index is 11.9. The molecule has 0 radical (unpaired) electrons. The Morgan fingerprint density at radius 1 is 1.21 bits per heavy atom. The fourth-order valence-electron chi connectivity index (χ4n) is 1.89. The minimum Gasteiger partial charge on any atom is -0.378 e. The summed E-state index contributed by atoms with van der Waals surface area (Å²) in [5, 5.41) is 2.58. The molecule has 1 N–H and O–H groups in total. The zero-order valence-electron chi connectivity index (χ0n) is 11.3. The van der Waals surface area contributed by atoms with Crippen LogP contribution in [0.3, 0.4) is 0 Å². The number of hydrogen-bond acceptors (Lipinski definition) is 3. The predicted octanol–water partition coefficient (Wildman–Crippen LogP) is 1.67. The van der Waals surface area contributed by atoms with Gasteiger partial charge < -0.3 is 10.2 Å². The van der Waals surface area contributed by atoms with E-state index in [0.717, 1.165) is 11.3 Å². The van der Waals surface area contributed by atoms with E-state index in [2.05, 4.69) is 5.32 Å². The second-order valence-electron chi connectivity index (χ2n) is 4.52. The Balaban J connectivity index is 2.22. The monoisotopic (exact) mass is 259 g/mol. The lowest BCUT2D eigenvalue weighted by Gasteiger charge is -2.11. The molecule has 0 aliphatic carbocycles. The van der Waals surface area contributed by atoms with Crippen LogP contribution in [0.1, 0.15) is 12.5 Å². The summed E-state index contributed by atoms with van der Waals surface area (Å²) in [5.74, 6) is -0.274. The van der Waals surface area contributed by atoms with Gasteiger partial charge in [-0.1, -0.05) is 12.1 Å². The van der Waals surface area contributed by atoms with Crippen molar-refractivity contribution in [2.75, 3.05) is 25.5 Å². The lowest BCUT2D eigenvalue weighted by atomic mass is 10.1. The minimum atomic E-state index is -0.358. The molecule has 1 aromatic rings. The summed E-state index contributed by atoms with van der Waals surface area (Å²) < 4.78 is 0. The van der Waals surface area contributed by atoms with E-state index in [1.165, 1.54) is 4.90 Å².